The zero-order valence-electron chi connectivity index (χ0n) is 26.8. The molecule has 2 amide bonds. The third kappa shape index (κ3) is 10.7. The average molecular weight is 651 g/mol. The molecule has 47 heavy (non-hydrogen) atoms. The number of halogens is 1. The van der Waals surface area contributed by atoms with Crippen LogP contribution in [0.3, 0.4) is 0 Å². The minimum atomic E-state index is -1.10. The van der Waals surface area contributed by atoms with E-state index in [0.717, 1.165) is 0 Å². The standard InChI is InChI=1S/C33H39FN6O7/c1-5-45-32(44)47-40-19-17-39(18-20-40)31(43)25(15-16-28(41)46-33(2,3)4)37-30(42)26-21-27(35-24-13-11-23(34)12-14-24)38-29(36-26)22-9-7-6-8-10-22/h6-14,21,25H,5,15-20H2,1-4H3,(H,37,42)(H,35,36,38)/t25-/m0/s1. The fraction of sp³-hybridized carbons (Fsp3) is 0.394. The van der Waals surface area contributed by atoms with Gasteiger partial charge in [0.2, 0.25) is 5.91 Å². The first kappa shape index (κ1) is 34.8. The first-order valence-electron chi connectivity index (χ1n) is 15.3. The third-order valence-corrected chi connectivity index (χ3v) is 6.78. The zero-order valence-corrected chi connectivity index (χ0v) is 26.8. The summed E-state index contributed by atoms with van der Waals surface area (Å²) in [6.45, 7) is 7.90. The smallest absolute Gasteiger partial charge is 0.460 e. The lowest BCUT2D eigenvalue weighted by atomic mass is 10.1. The molecule has 1 saturated heterocycles. The van der Waals surface area contributed by atoms with Gasteiger partial charge in [0.25, 0.3) is 5.91 Å². The van der Waals surface area contributed by atoms with E-state index in [4.69, 9.17) is 14.3 Å². The summed E-state index contributed by atoms with van der Waals surface area (Å²) >= 11 is 0. The second-order valence-electron chi connectivity index (χ2n) is 11.6. The topological polar surface area (TPSA) is 152 Å². The van der Waals surface area contributed by atoms with Gasteiger partial charge in [0.15, 0.2) is 5.82 Å². The molecule has 14 heteroatoms. The van der Waals surface area contributed by atoms with Gasteiger partial charge in [0.05, 0.1) is 19.7 Å². The highest BCUT2D eigenvalue weighted by atomic mass is 19.1. The number of esters is 1. The number of hydroxylamine groups is 2. The molecular weight excluding hydrogens is 611 g/mol. The van der Waals surface area contributed by atoms with Gasteiger partial charge < -0.3 is 29.8 Å². The molecule has 2 aromatic carbocycles. The maximum Gasteiger partial charge on any atom is 0.527 e. The maximum absolute atomic E-state index is 13.8. The van der Waals surface area contributed by atoms with E-state index >= 15 is 0 Å². The normalized spacial score (nSPS) is 14.1. The van der Waals surface area contributed by atoms with Crippen molar-refractivity contribution in [3.63, 3.8) is 0 Å². The van der Waals surface area contributed by atoms with Crippen LogP contribution in [0, 0.1) is 5.82 Å². The van der Waals surface area contributed by atoms with E-state index in [1.165, 1.54) is 40.3 Å². The van der Waals surface area contributed by atoms with Gasteiger partial charge in [-0.05, 0) is 58.4 Å². The highest BCUT2D eigenvalue weighted by Gasteiger charge is 2.31. The minimum absolute atomic E-state index is 0.0314. The van der Waals surface area contributed by atoms with Gasteiger partial charge in [0.1, 0.15) is 29.0 Å². The number of amides is 2. The Morgan fingerprint density at radius 3 is 2.28 bits per heavy atom. The molecule has 13 nitrogen and oxygen atoms in total. The Hall–Kier alpha value is -5.11. The van der Waals surface area contributed by atoms with Gasteiger partial charge >= 0.3 is 12.1 Å². The first-order chi connectivity index (χ1) is 22.4. The lowest BCUT2D eigenvalue weighted by Gasteiger charge is -2.35. The van der Waals surface area contributed by atoms with Gasteiger partial charge in [-0.15, -0.1) is 5.06 Å². The van der Waals surface area contributed by atoms with Crippen LogP contribution < -0.4 is 10.6 Å². The summed E-state index contributed by atoms with van der Waals surface area (Å²) in [6, 6.07) is 15.0. The molecule has 2 heterocycles. The Morgan fingerprint density at radius 1 is 0.957 bits per heavy atom. The molecular formula is C33H39FN6O7. The summed E-state index contributed by atoms with van der Waals surface area (Å²) in [5.74, 6) is -1.49. The first-order valence-corrected chi connectivity index (χ1v) is 15.3. The van der Waals surface area contributed by atoms with Crippen LogP contribution in [0.5, 0.6) is 0 Å². The summed E-state index contributed by atoms with van der Waals surface area (Å²) in [7, 11) is 0. The molecule has 0 radical (unpaired) electrons. The Kier molecular flexibility index (Phi) is 11.8. The number of carbonyl (C=O) groups excluding carboxylic acids is 4. The van der Waals surface area contributed by atoms with Crippen molar-refractivity contribution in [2.45, 2.75) is 52.2 Å². The second-order valence-corrected chi connectivity index (χ2v) is 11.6. The fourth-order valence-corrected chi connectivity index (χ4v) is 4.64. The zero-order chi connectivity index (χ0) is 34.0. The highest BCUT2D eigenvalue weighted by molar-refractivity contribution is 5.97. The maximum atomic E-state index is 13.8. The molecule has 1 aliphatic rings. The van der Waals surface area contributed by atoms with Crippen LogP contribution >= 0.6 is 0 Å². The van der Waals surface area contributed by atoms with Crippen LogP contribution in [0.2, 0.25) is 0 Å². The second kappa shape index (κ2) is 15.9. The number of hydrogen-bond donors (Lipinski definition) is 2. The Balaban J connectivity index is 1.55. The van der Waals surface area contributed by atoms with Crippen LogP contribution in [-0.2, 0) is 23.9 Å². The van der Waals surface area contributed by atoms with E-state index in [9.17, 15) is 23.6 Å². The molecule has 1 aliphatic heterocycles. The van der Waals surface area contributed by atoms with Crippen molar-refractivity contribution in [2.75, 3.05) is 38.1 Å². The molecule has 2 N–H and O–H groups in total. The molecule has 0 saturated carbocycles. The molecule has 0 aliphatic carbocycles. The van der Waals surface area contributed by atoms with Gasteiger partial charge in [-0.2, -0.15) is 0 Å². The van der Waals surface area contributed by atoms with Crippen LogP contribution in [0.25, 0.3) is 11.4 Å². The van der Waals surface area contributed by atoms with Crippen LogP contribution in [0.15, 0.2) is 60.7 Å². The number of hydrogen-bond acceptors (Lipinski definition) is 11. The van der Waals surface area contributed by atoms with Crippen molar-refractivity contribution >= 4 is 35.4 Å². The van der Waals surface area contributed by atoms with Gasteiger partial charge in [-0.1, -0.05) is 30.3 Å². The minimum Gasteiger partial charge on any atom is -0.460 e. The summed E-state index contributed by atoms with van der Waals surface area (Å²) < 4.78 is 23.7. The Morgan fingerprint density at radius 2 is 1.64 bits per heavy atom. The summed E-state index contributed by atoms with van der Waals surface area (Å²) in [4.78, 5) is 67.5. The summed E-state index contributed by atoms with van der Waals surface area (Å²) in [6.07, 6.45) is -0.991. The number of piperazine rings is 1. The highest BCUT2D eigenvalue weighted by Crippen LogP contribution is 2.22. The van der Waals surface area contributed by atoms with Crippen LogP contribution in [-0.4, -0.2) is 88.3 Å². The molecule has 1 aromatic heterocycles. The number of anilines is 2. The van der Waals surface area contributed by atoms with Crippen LogP contribution in [0.1, 0.15) is 51.0 Å². The Labute approximate surface area is 272 Å². The van der Waals surface area contributed by atoms with E-state index < -0.39 is 41.4 Å². The molecule has 0 bridgehead atoms. The molecule has 1 fully saturated rings. The number of benzene rings is 2. The van der Waals surface area contributed by atoms with E-state index in [1.54, 1.807) is 52.0 Å². The fourth-order valence-electron chi connectivity index (χ4n) is 4.64. The molecule has 1 atom stereocenters. The largest absolute Gasteiger partial charge is 0.527 e. The third-order valence-electron chi connectivity index (χ3n) is 6.78. The molecule has 0 spiro atoms. The molecule has 4 rings (SSSR count). The van der Waals surface area contributed by atoms with E-state index in [1.807, 2.05) is 6.07 Å². The quantitative estimate of drug-likeness (QED) is 0.283. The predicted molar refractivity (Wildman–Crippen MR) is 170 cm³/mol. The number of nitrogens with zero attached hydrogens (tertiary/aromatic N) is 4. The lowest BCUT2D eigenvalue weighted by Crippen LogP contribution is -2.55. The van der Waals surface area contributed by atoms with Crippen molar-refractivity contribution in [1.82, 2.24) is 25.2 Å². The number of aromatic nitrogens is 2. The summed E-state index contributed by atoms with van der Waals surface area (Å²) in [5, 5.41) is 7.23. The van der Waals surface area contributed by atoms with Gasteiger partial charge in [-0.3, -0.25) is 14.4 Å². The number of carbonyl (C=O) groups is 4. The monoisotopic (exact) mass is 650 g/mol. The van der Waals surface area contributed by atoms with Crippen molar-refractivity contribution in [1.29, 1.82) is 0 Å². The number of nitrogens with one attached hydrogen (secondary N) is 2. The van der Waals surface area contributed by atoms with E-state index in [0.29, 0.717) is 11.3 Å². The van der Waals surface area contributed by atoms with Gasteiger partial charge in [0, 0.05) is 36.8 Å². The molecule has 250 valence electrons. The van der Waals surface area contributed by atoms with Crippen molar-refractivity contribution in [3.8, 4) is 11.4 Å². The average Bonchev–Trinajstić information content (AvgIpc) is 3.03. The Bertz CT molecular complexity index is 1540. The summed E-state index contributed by atoms with van der Waals surface area (Å²) in [5.41, 5.74) is 0.417. The van der Waals surface area contributed by atoms with Crippen molar-refractivity contribution in [2.24, 2.45) is 0 Å². The van der Waals surface area contributed by atoms with Gasteiger partial charge in [-0.25, -0.2) is 19.2 Å². The molecule has 3 aromatic rings. The number of ether oxygens (including phenoxy) is 2. The van der Waals surface area contributed by atoms with Crippen molar-refractivity contribution < 1.29 is 37.9 Å². The predicted octanol–water partition coefficient (Wildman–Crippen LogP) is 4.48. The molecule has 0 unspecified atom stereocenters. The van der Waals surface area contributed by atoms with Crippen molar-refractivity contribution in [3.05, 3.63) is 72.2 Å². The number of rotatable bonds is 11. The SMILES string of the molecule is CCOC(=O)ON1CCN(C(=O)[C@H](CCC(=O)OC(C)(C)C)NC(=O)c2cc(Nc3ccc(F)cc3)nc(-c3ccccc3)n2)CC1. The van der Waals surface area contributed by atoms with Crippen LogP contribution in [0.4, 0.5) is 20.7 Å². The van der Waals surface area contributed by atoms with E-state index in [2.05, 4.69) is 20.6 Å². The lowest BCUT2D eigenvalue weighted by molar-refractivity contribution is -0.158. The van der Waals surface area contributed by atoms with E-state index in [-0.39, 0.29) is 63.0 Å².